The van der Waals surface area contributed by atoms with E-state index in [1.54, 1.807) is 0 Å². The molecule has 0 aliphatic heterocycles. The van der Waals surface area contributed by atoms with E-state index in [0.29, 0.717) is 18.7 Å². The van der Waals surface area contributed by atoms with Gasteiger partial charge in [0.1, 0.15) is 11.9 Å². The maximum atomic E-state index is 13.6. The van der Waals surface area contributed by atoms with E-state index in [2.05, 4.69) is 0 Å². The van der Waals surface area contributed by atoms with Crippen molar-refractivity contribution < 1.29 is 18.7 Å². The maximum Gasteiger partial charge on any atom is 0.350 e. The minimum absolute atomic E-state index is 0.473. The molecule has 6 heteroatoms. The van der Waals surface area contributed by atoms with Gasteiger partial charge in [-0.1, -0.05) is 91.0 Å². The minimum atomic E-state index is -3.67. The molecule has 0 fully saturated rings. The number of nitrogens with zero attached hydrogens (tertiary/aromatic N) is 1. The van der Waals surface area contributed by atoms with Crippen LogP contribution in [-0.4, -0.2) is 30.0 Å². The first-order chi connectivity index (χ1) is 14.6. The number of benzene rings is 3. The van der Waals surface area contributed by atoms with Gasteiger partial charge in [0.2, 0.25) is 0 Å². The van der Waals surface area contributed by atoms with Crippen LogP contribution in [0, 0.1) is 0 Å². The van der Waals surface area contributed by atoms with E-state index in [1.165, 1.54) is 14.2 Å². The van der Waals surface area contributed by atoms with E-state index in [1.807, 2.05) is 95.9 Å². The Labute approximate surface area is 178 Å². The molecule has 2 atom stereocenters. The first-order valence-corrected chi connectivity index (χ1v) is 11.4. The SMILES string of the molecule is COP(=O)(OC)[C@H]([C@@H](O)c1ccccc1)N(Cc1ccccc1)Cc1ccccc1. The van der Waals surface area contributed by atoms with Gasteiger partial charge < -0.3 is 14.2 Å². The molecule has 0 unspecified atom stereocenters. The average molecular weight is 425 g/mol. The summed E-state index contributed by atoms with van der Waals surface area (Å²) in [6, 6.07) is 29.0. The smallest absolute Gasteiger partial charge is 0.350 e. The number of hydrogen-bond acceptors (Lipinski definition) is 5. The highest BCUT2D eigenvalue weighted by Crippen LogP contribution is 2.57. The first-order valence-electron chi connectivity index (χ1n) is 9.83. The van der Waals surface area contributed by atoms with Crippen LogP contribution in [0.4, 0.5) is 0 Å². The second-order valence-corrected chi connectivity index (χ2v) is 9.39. The molecule has 0 amide bonds. The van der Waals surface area contributed by atoms with Crippen LogP contribution in [0.15, 0.2) is 91.0 Å². The zero-order valence-electron chi connectivity index (χ0n) is 17.3. The van der Waals surface area contributed by atoms with Gasteiger partial charge in [0.25, 0.3) is 0 Å². The second kappa shape index (κ2) is 10.7. The Morgan fingerprint density at radius 1 is 0.767 bits per heavy atom. The predicted octanol–water partition coefficient (Wildman–Crippen LogP) is 5.23. The van der Waals surface area contributed by atoms with Crippen molar-refractivity contribution in [2.75, 3.05) is 14.2 Å². The summed E-state index contributed by atoms with van der Waals surface area (Å²) in [5.74, 6) is -0.893. The van der Waals surface area contributed by atoms with Crippen LogP contribution in [-0.2, 0) is 26.7 Å². The van der Waals surface area contributed by atoms with Gasteiger partial charge in [-0.05, 0) is 16.7 Å². The fourth-order valence-electron chi connectivity index (χ4n) is 3.56. The Morgan fingerprint density at radius 3 is 1.57 bits per heavy atom. The van der Waals surface area contributed by atoms with Crippen molar-refractivity contribution in [1.29, 1.82) is 0 Å². The van der Waals surface area contributed by atoms with Crippen molar-refractivity contribution in [2.45, 2.75) is 25.0 Å². The fourth-order valence-corrected chi connectivity index (χ4v) is 5.23. The van der Waals surface area contributed by atoms with E-state index < -0.39 is 19.5 Å². The summed E-state index contributed by atoms with van der Waals surface area (Å²) in [5, 5.41) is 11.3. The minimum Gasteiger partial charge on any atom is -0.386 e. The lowest BCUT2D eigenvalue weighted by atomic mass is 10.1. The van der Waals surface area contributed by atoms with Crippen LogP contribution < -0.4 is 0 Å². The molecule has 0 aliphatic carbocycles. The van der Waals surface area contributed by atoms with E-state index >= 15 is 0 Å². The summed E-state index contributed by atoms with van der Waals surface area (Å²) in [5.41, 5.74) is 2.73. The summed E-state index contributed by atoms with van der Waals surface area (Å²) >= 11 is 0. The third-order valence-corrected chi connectivity index (χ3v) is 7.36. The van der Waals surface area contributed by atoms with Gasteiger partial charge in [-0.15, -0.1) is 0 Å². The highest BCUT2D eigenvalue weighted by molar-refractivity contribution is 7.54. The molecule has 3 rings (SSSR count). The molecular formula is C24H28NO4P. The molecule has 0 aromatic heterocycles. The molecule has 0 spiro atoms. The zero-order valence-corrected chi connectivity index (χ0v) is 18.2. The van der Waals surface area contributed by atoms with Crippen LogP contribution in [0.25, 0.3) is 0 Å². The Kier molecular flexibility index (Phi) is 7.97. The standard InChI is InChI=1S/C24H28NO4P/c1-28-30(27,29-2)24(23(26)22-16-10-5-11-17-22)25(18-20-12-6-3-7-13-20)19-21-14-8-4-9-15-21/h3-17,23-24,26H,18-19H2,1-2H3/t23-,24+/m0/s1. The van der Waals surface area contributed by atoms with E-state index in [0.717, 1.165) is 11.1 Å². The van der Waals surface area contributed by atoms with E-state index in [9.17, 15) is 9.67 Å². The van der Waals surface area contributed by atoms with Crippen LogP contribution >= 0.6 is 7.60 Å². The molecule has 158 valence electrons. The highest BCUT2D eigenvalue weighted by Gasteiger charge is 2.44. The van der Waals surface area contributed by atoms with Crippen molar-refractivity contribution in [2.24, 2.45) is 0 Å². The lowest BCUT2D eigenvalue weighted by molar-refractivity contribution is 0.0601. The maximum absolute atomic E-state index is 13.6. The molecule has 0 heterocycles. The molecular weight excluding hydrogens is 397 g/mol. The first kappa shape index (κ1) is 22.4. The van der Waals surface area contributed by atoms with Crippen molar-refractivity contribution in [3.05, 3.63) is 108 Å². The van der Waals surface area contributed by atoms with Crippen molar-refractivity contribution >= 4 is 7.60 Å². The molecule has 0 saturated carbocycles. The zero-order chi connectivity index (χ0) is 21.4. The molecule has 1 N–H and O–H groups in total. The van der Waals surface area contributed by atoms with Crippen molar-refractivity contribution in [3.8, 4) is 0 Å². The number of rotatable bonds is 10. The quantitative estimate of drug-likeness (QED) is 0.451. The van der Waals surface area contributed by atoms with Crippen LogP contribution in [0.2, 0.25) is 0 Å². The topological polar surface area (TPSA) is 59.0 Å². The Morgan fingerprint density at radius 2 is 1.17 bits per heavy atom. The number of aliphatic hydroxyl groups is 1. The van der Waals surface area contributed by atoms with Crippen LogP contribution in [0.3, 0.4) is 0 Å². The number of hydrogen-bond donors (Lipinski definition) is 1. The summed E-state index contributed by atoms with van der Waals surface area (Å²) in [6.07, 6.45) is -1.07. The van der Waals surface area contributed by atoms with Crippen LogP contribution in [0.5, 0.6) is 0 Å². The summed E-state index contributed by atoms with van der Waals surface area (Å²) in [4.78, 5) is 1.97. The lowest BCUT2D eigenvalue weighted by Crippen LogP contribution is -2.39. The summed E-state index contributed by atoms with van der Waals surface area (Å²) in [6.45, 7) is 0.946. The van der Waals surface area contributed by atoms with E-state index in [4.69, 9.17) is 9.05 Å². The molecule has 0 bridgehead atoms. The predicted molar refractivity (Wildman–Crippen MR) is 119 cm³/mol. The summed E-state index contributed by atoms with van der Waals surface area (Å²) in [7, 11) is -0.948. The molecule has 0 saturated heterocycles. The Bertz CT molecular complexity index is 888. The van der Waals surface area contributed by atoms with Gasteiger partial charge in [0, 0.05) is 27.3 Å². The van der Waals surface area contributed by atoms with Crippen molar-refractivity contribution in [3.63, 3.8) is 0 Å². The fraction of sp³-hybridized carbons (Fsp3) is 0.250. The van der Waals surface area contributed by atoms with Gasteiger partial charge in [0.05, 0.1) is 0 Å². The largest absolute Gasteiger partial charge is 0.386 e. The van der Waals surface area contributed by atoms with Gasteiger partial charge in [-0.2, -0.15) is 0 Å². The Balaban J connectivity index is 2.05. The third-order valence-electron chi connectivity index (χ3n) is 5.09. The van der Waals surface area contributed by atoms with Gasteiger partial charge >= 0.3 is 7.60 Å². The Hall–Kier alpha value is -2.27. The molecule has 30 heavy (non-hydrogen) atoms. The normalized spacial score (nSPS) is 13.9. The highest BCUT2D eigenvalue weighted by atomic mass is 31.2. The average Bonchev–Trinajstić information content (AvgIpc) is 2.81. The van der Waals surface area contributed by atoms with Gasteiger partial charge in [0.15, 0.2) is 0 Å². The van der Waals surface area contributed by atoms with Gasteiger partial charge in [-0.25, -0.2) is 0 Å². The number of aliphatic hydroxyl groups excluding tert-OH is 1. The molecule has 3 aromatic carbocycles. The second-order valence-electron chi connectivity index (χ2n) is 7.05. The van der Waals surface area contributed by atoms with E-state index in [-0.39, 0.29) is 0 Å². The molecule has 0 aliphatic rings. The molecule has 3 aromatic rings. The molecule has 0 radical (unpaired) electrons. The lowest BCUT2D eigenvalue weighted by Gasteiger charge is -2.38. The molecule has 5 nitrogen and oxygen atoms in total. The van der Waals surface area contributed by atoms with Crippen molar-refractivity contribution in [1.82, 2.24) is 4.90 Å². The monoisotopic (exact) mass is 425 g/mol. The van der Waals surface area contributed by atoms with Crippen LogP contribution in [0.1, 0.15) is 22.8 Å². The van der Waals surface area contributed by atoms with Gasteiger partial charge in [-0.3, -0.25) is 9.46 Å². The summed E-state index contributed by atoms with van der Waals surface area (Å²) < 4.78 is 24.4. The third kappa shape index (κ3) is 5.45.